The van der Waals surface area contributed by atoms with Gasteiger partial charge in [-0.15, -0.1) is 11.3 Å². The van der Waals surface area contributed by atoms with Gasteiger partial charge in [0.1, 0.15) is 5.69 Å². The average Bonchev–Trinajstić information content (AvgIpc) is 2.97. The zero-order valence-electron chi connectivity index (χ0n) is 9.65. The molecule has 0 aliphatic carbocycles. The van der Waals surface area contributed by atoms with E-state index in [4.69, 9.17) is 5.73 Å². The van der Waals surface area contributed by atoms with Gasteiger partial charge in [0.2, 0.25) is 0 Å². The van der Waals surface area contributed by atoms with Gasteiger partial charge in [0.25, 0.3) is 5.91 Å². The highest BCUT2D eigenvalue weighted by Gasteiger charge is 2.17. The lowest BCUT2D eigenvalue weighted by molar-refractivity contribution is 0.0944. The van der Waals surface area contributed by atoms with Crippen LogP contribution >= 0.6 is 23.1 Å². The van der Waals surface area contributed by atoms with Gasteiger partial charge in [-0.25, -0.2) is 4.98 Å². The molecule has 0 saturated carbocycles. The summed E-state index contributed by atoms with van der Waals surface area (Å²) in [5.41, 5.74) is 5.98. The first-order valence-corrected chi connectivity index (χ1v) is 7.83. The minimum atomic E-state index is -0.0542. The predicted molar refractivity (Wildman–Crippen MR) is 72.6 cm³/mol. The van der Waals surface area contributed by atoms with Crippen LogP contribution in [0.1, 0.15) is 21.9 Å². The fourth-order valence-electron chi connectivity index (χ4n) is 1.73. The highest BCUT2D eigenvalue weighted by molar-refractivity contribution is 7.99. The number of nitrogens with two attached hydrogens (primary N) is 1. The number of hydrogen-bond acceptors (Lipinski definition) is 5. The van der Waals surface area contributed by atoms with E-state index in [0.717, 1.165) is 23.7 Å². The van der Waals surface area contributed by atoms with E-state index >= 15 is 0 Å². The van der Waals surface area contributed by atoms with Crippen LogP contribution in [-0.4, -0.2) is 35.5 Å². The van der Waals surface area contributed by atoms with Gasteiger partial charge in [-0.2, -0.15) is 11.8 Å². The van der Waals surface area contributed by atoms with Crippen LogP contribution in [-0.2, 0) is 6.42 Å². The van der Waals surface area contributed by atoms with Crippen LogP contribution < -0.4 is 11.1 Å². The molecule has 94 valence electrons. The SMILES string of the molecule is NCCc1nc(C(=O)NCC2CCSC2)cs1. The molecule has 2 rings (SSSR count). The molecule has 0 radical (unpaired) electrons. The number of thiazole rings is 1. The van der Waals surface area contributed by atoms with Crippen LogP contribution in [0.4, 0.5) is 0 Å². The van der Waals surface area contributed by atoms with Crippen molar-refractivity contribution in [3.05, 3.63) is 16.1 Å². The van der Waals surface area contributed by atoms with E-state index in [1.807, 2.05) is 17.1 Å². The second-order valence-electron chi connectivity index (χ2n) is 4.10. The van der Waals surface area contributed by atoms with Gasteiger partial charge >= 0.3 is 0 Å². The molecule has 6 heteroatoms. The lowest BCUT2D eigenvalue weighted by atomic mass is 10.1. The molecule has 1 amide bonds. The van der Waals surface area contributed by atoms with E-state index in [0.29, 0.717) is 18.2 Å². The first-order chi connectivity index (χ1) is 8.29. The van der Waals surface area contributed by atoms with E-state index in [1.165, 1.54) is 23.5 Å². The highest BCUT2D eigenvalue weighted by Crippen LogP contribution is 2.22. The summed E-state index contributed by atoms with van der Waals surface area (Å²) in [5.74, 6) is 2.96. The molecule has 1 aromatic rings. The molecule has 0 aromatic carbocycles. The van der Waals surface area contributed by atoms with Crippen molar-refractivity contribution in [1.82, 2.24) is 10.3 Å². The third kappa shape index (κ3) is 3.69. The molecule has 0 spiro atoms. The molecular weight excluding hydrogens is 254 g/mol. The van der Waals surface area contributed by atoms with E-state index in [2.05, 4.69) is 10.3 Å². The number of amides is 1. The summed E-state index contributed by atoms with van der Waals surface area (Å²) in [4.78, 5) is 16.1. The Balaban J connectivity index is 1.81. The Labute approximate surface area is 109 Å². The van der Waals surface area contributed by atoms with Crippen LogP contribution in [0.5, 0.6) is 0 Å². The molecule has 1 aliphatic rings. The lowest BCUT2D eigenvalue weighted by Crippen LogP contribution is -2.29. The lowest BCUT2D eigenvalue weighted by Gasteiger charge is -2.08. The summed E-state index contributed by atoms with van der Waals surface area (Å²) in [6.07, 6.45) is 1.96. The molecule has 1 saturated heterocycles. The molecule has 1 atom stereocenters. The summed E-state index contributed by atoms with van der Waals surface area (Å²) in [6, 6.07) is 0. The van der Waals surface area contributed by atoms with Gasteiger partial charge in [-0.3, -0.25) is 4.79 Å². The Hall–Kier alpha value is -0.590. The van der Waals surface area contributed by atoms with Crippen LogP contribution in [0.2, 0.25) is 0 Å². The molecule has 17 heavy (non-hydrogen) atoms. The number of rotatable bonds is 5. The topological polar surface area (TPSA) is 68.0 Å². The van der Waals surface area contributed by atoms with Gasteiger partial charge < -0.3 is 11.1 Å². The van der Waals surface area contributed by atoms with Gasteiger partial charge in [0, 0.05) is 18.3 Å². The molecule has 0 bridgehead atoms. The summed E-state index contributed by atoms with van der Waals surface area (Å²) < 4.78 is 0. The summed E-state index contributed by atoms with van der Waals surface area (Å²) >= 11 is 3.47. The van der Waals surface area contributed by atoms with Gasteiger partial charge in [-0.05, 0) is 30.4 Å². The second kappa shape index (κ2) is 6.37. The molecule has 1 fully saturated rings. The van der Waals surface area contributed by atoms with E-state index in [-0.39, 0.29) is 5.91 Å². The quantitative estimate of drug-likeness (QED) is 0.842. The van der Waals surface area contributed by atoms with Crippen molar-refractivity contribution < 1.29 is 4.79 Å². The van der Waals surface area contributed by atoms with Gasteiger partial charge in [0.05, 0.1) is 5.01 Å². The van der Waals surface area contributed by atoms with Crippen molar-refractivity contribution in [2.24, 2.45) is 11.7 Å². The molecule has 3 N–H and O–H groups in total. The van der Waals surface area contributed by atoms with Crippen molar-refractivity contribution in [1.29, 1.82) is 0 Å². The Morgan fingerprint density at radius 1 is 1.65 bits per heavy atom. The Kier molecular flexibility index (Phi) is 4.82. The first-order valence-electron chi connectivity index (χ1n) is 5.80. The first kappa shape index (κ1) is 12.9. The molecular formula is C11H17N3OS2. The molecule has 1 unspecified atom stereocenters. The van der Waals surface area contributed by atoms with Crippen molar-refractivity contribution in [3.63, 3.8) is 0 Å². The Morgan fingerprint density at radius 3 is 3.24 bits per heavy atom. The smallest absolute Gasteiger partial charge is 0.270 e. The Bertz CT molecular complexity index is 375. The number of thioether (sulfide) groups is 1. The number of carbonyl (C=O) groups excluding carboxylic acids is 1. The fraction of sp³-hybridized carbons (Fsp3) is 0.636. The average molecular weight is 271 g/mol. The molecule has 1 aliphatic heterocycles. The van der Waals surface area contributed by atoms with Gasteiger partial charge in [0.15, 0.2) is 0 Å². The predicted octanol–water partition coefficient (Wildman–Crippen LogP) is 1.13. The monoisotopic (exact) mass is 271 g/mol. The standard InChI is InChI=1S/C11H17N3OS2/c12-3-1-10-14-9(7-17-10)11(15)13-5-8-2-4-16-6-8/h7-8H,1-6,12H2,(H,13,15). The Morgan fingerprint density at radius 2 is 2.53 bits per heavy atom. The summed E-state index contributed by atoms with van der Waals surface area (Å²) in [7, 11) is 0. The fourth-order valence-corrected chi connectivity index (χ4v) is 3.80. The third-order valence-electron chi connectivity index (χ3n) is 2.72. The normalized spacial score (nSPS) is 19.5. The summed E-state index contributed by atoms with van der Waals surface area (Å²) in [5, 5.41) is 5.71. The van der Waals surface area contributed by atoms with Crippen molar-refractivity contribution >= 4 is 29.0 Å². The van der Waals surface area contributed by atoms with Crippen LogP contribution in [0.15, 0.2) is 5.38 Å². The van der Waals surface area contributed by atoms with Crippen LogP contribution in [0, 0.1) is 5.92 Å². The number of hydrogen-bond donors (Lipinski definition) is 2. The van der Waals surface area contributed by atoms with Crippen molar-refractivity contribution in [2.75, 3.05) is 24.6 Å². The molecule has 2 heterocycles. The molecule has 1 aromatic heterocycles. The molecule has 4 nitrogen and oxygen atoms in total. The second-order valence-corrected chi connectivity index (χ2v) is 6.20. The minimum Gasteiger partial charge on any atom is -0.350 e. The largest absolute Gasteiger partial charge is 0.350 e. The van der Waals surface area contributed by atoms with E-state index in [1.54, 1.807) is 0 Å². The maximum Gasteiger partial charge on any atom is 0.270 e. The van der Waals surface area contributed by atoms with Crippen molar-refractivity contribution in [2.45, 2.75) is 12.8 Å². The minimum absolute atomic E-state index is 0.0542. The third-order valence-corrected chi connectivity index (χ3v) is 4.86. The van der Waals surface area contributed by atoms with Gasteiger partial charge in [-0.1, -0.05) is 0 Å². The van der Waals surface area contributed by atoms with E-state index in [9.17, 15) is 4.79 Å². The zero-order valence-corrected chi connectivity index (χ0v) is 11.3. The summed E-state index contributed by atoms with van der Waals surface area (Å²) in [6.45, 7) is 1.35. The van der Waals surface area contributed by atoms with Crippen LogP contribution in [0.25, 0.3) is 0 Å². The number of aromatic nitrogens is 1. The van der Waals surface area contributed by atoms with Crippen LogP contribution in [0.3, 0.4) is 0 Å². The maximum absolute atomic E-state index is 11.8. The maximum atomic E-state index is 11.8. The highest BCUT2D eigenvalue weighted by atomic mass is 32.2. The van der Waals surface area contributed by atoms with Crippen molar-refractivity contribution in [3.8, 4) is 0 Å². The number of nitrogens with one attached hydrogen (secondary N) is 1. The number of carbonyl (C=O) groups is 1. The number of nitrogens with zero attached hydrogens (tertiary/aromatic N) is 1. The van der Waals surface area contributed by atoms with E-state index < -0.39 is 0 Å². The zero-order chi connectivity index (χ0) is 12.1.